The zero-order valence-corrected chi connectivity index (χ0v) is 11.5. The zero-order chi connectivity index (χ0) is 13.0. The highest BCUT2D eigenvalue weighted by atomic mass is 79.9. The van der Waals surface area contributed by atoms with Crippen LogP contribution in [0.25, 0.3) is 0 Å². The van der Waals surface area contributed by atoms with Crippen molar-refractivity contribution in [1.29, 1.82) is 5.26 Å². The Bertz CT molecular complexity index is 602. The van der Waals surface area contributed by atoms with E-state index in [1.807, 2.05) is 37.3 Å². The molecule has 3 nitrogen and oxygen atoms in total. The molecule has 1 N–H and O–H groups in total. The topological polar surface area (TPSA) is 48.7 Å². The molecule has 0 saturated heterocycles. The lowest BCUT2D eigenvalue weighted by Crippen LogP contribution is -2.03. The monoisotopic (exact) mass is 301 g/mol. The summed E-state index contributed by atoms with van der Waals surface area (Å²) < 4.78 is 0.901. The lowest BCUT2D eigenvalue weighted by molar-refractivity contribution is 1.01. The number of hydrogen-bond acceptors (Lipinski definition) is 3. The van der Waals surface area contributed by atoms with Gasteiger partial charge in [-0.2, -0.15) is 5.26 Å². The van der Waals surface area contributed by atoms with E-state index in [0.717, 1.165) is 21.5 Å². The molecule has 4 heteroatoms. The highest BCUT2D eigenvalue weighted by molar-refractivity contribution is 9.10. The number of nitrogens with zero attached hydrogens (tertiary/aromatic N) is 2. The van der Waals surface area contributed by atoms with Crippen molar-refractivity contribution in [3.63, 3.8) is 0 Å². The quantitative estimate of drug-likeness (QED) is 0.941. The molecule has 0 bridgehead atoms. The number of nitrogens with one attached hydrogen (secondary N) is 1. The molecule has 1 heterocycles. The molecule has 0 atom stereocenters. The molecule has 2 rings (SSSR count). The Morgan fingerprint density at radius 1 is 1.33 bits per heavy atom. The SMILES string of the molecule is Cc1cccc(CNc2ccc(Br)cc2C#N)n1. The van der Waals surface area contributed by atoms with Crippen molar-refractivity contribution in [2.24, 2.45) is 0 Å². The highest BCUT2D eigenvalue weighted by Crippen LogP contribution is 2.20. The minimum absolute atomic E-state index is 0.609. The number of aryl methyl sites for hydroxylation is 1. The molecule has 0 amide bonds. The fourth-order valence-electron chi connectivity index (χ4n) is 1.65. The first-order valence-corrected chi connectivity index (χ1v) is 6.34. The van der Waals surface area contributed by atoms with Crippen molar-refractivity contribution < 1.29 is 0 Å². The fourth-order valence-corrected chi connectivity index (χ4v) is 2.01. The Balaban J connectivity index is 2.14. The van der Waals surface area contributed by atoms with Gasteiger partial charge in [0.2, 0.25) is 0 Å². The molecule has 0 spiro atoms. The van der Waals surface area contributed by atoms with Gasteiger partial charge in [-0.25, -0.2) is 0 Å². The van der Waals surface area contributed by atoms with E-state index in [9.17, 15) is 0 Å². The Kier molecular flexibility index (Phi) is 3.96. The maximum atomic E-state index is 9.06. The molecule has 18 heavy (non-hydrogen) atoms. The van der Waals surface area contributed by atoms with Crippen LogP contribution in [0.4, 0.5) is 5.69 Å². The number of halogens is 1. The van der Waals surface area contributed by atoms with Gasteiger partial charge in [-0.15, -0.1) is 0 Å². The number of benzene rings is 1. The van der Waals surface area contributed by atoms with Crippen LogP contribution in [0.2, 0.25) is 0 Å². The standard InChI is InChI=1S/C14H12BrN3/c1-10-3-2-4-13(18-10)9-17-14-6-5-12(15)7-11(14)8-16/h2-7,17H,9H2,1H3. The molecule has 0 fully saturated rings. The predicted octanol–water partition coefficient (Wildman–Crippen LogP) is 3.64. The third-order valence-corrected chi connectivity index (χ3v) is 3.00. The van der Waals surface area contributed by atoms with Crippen molar-refractivity contribution in [3.05, 3.63) is 57.8 Å². The highest BCUT2D eigenvalue weighted by Gasteiger charge is 2.03. The first kappa shape index (κ1) is 12.6. The van der Waals surface area contributed by atoms with E-state index in [0.29, 0.717) is 12.1 Å². The molecule has 0 radical (unpaired) electrons. The number of anilines is 1. The third-order valence-electron chi connectivity index (χ3n) is 2.51. The molecule has 0 aliphatic carbocycles. The second-order valence-corrected chi connectivity index (χ2v) is 4.84. The Labute approximate surface area is 115 Å². The van der Waals surface area contributed by atoms with Crippen LogP contribution in [0, 0.1) is 18.3 Å². The summed E-state index contributed by atoms with van der Waals surface area (Å²) in [5.41, 5.74) is 3.40. The van der Waals surface area contributed by atoms with Gasteiger partial charge in [0, 0.05) is 10.2 Å². The molecular weight excluding hydrogens is 290 g/mol. The lowest BCUT2D eigenvalue weighted by Gasteiger charge is -2.08. The number of hydrogen-bond donors (Lipinski definition) is 1. The smallest absolute Gasteiger partial charge is 0.101 e. The van der Waals surface area contributed by atoms with E-state index in [2.05, 4.69) is 32.3 Å². The summed E-state index contributed by atoms with van der Waals surface area (Å²) in [4.78, 5) is 4.41. The summed E-state index contributed by atoms with van der Waals surface area (Å²) in [6, 6.07) is 13.7. The lowest BCUT2D eigenvalue weighted by atomic mass is 10.2. The summed E-state index contributed by atoms with van der Waals surface area (Å²) in [5, 5.41) is 12.3. The normalized spacial score (nSPS) is 9.83. The van der Waals surface area contributed by atoms with Crippen LogP contribution in [0.1, 0.15) is 17.0 Å². The molecule has 1 aromatic carbocycles. The Morgan fingerprint density at radius 3 is 2.89 bits per heavy atom. The fraction of sp³-hybridized carbons (Fsp3) is 0.143. The first-order valence-electron chi connectivity index (χ1n) is 5.55. The molecule has 0 aliphatic rings. The van der Waals surface area contributed by atoms with Crippen molar-refractivity contribution in [2.45, 2.75) is 13.5 Å². The first-order chi connectivity index (χ1) is 8.69. The number of rotatable bonds is 3. The van der Waals surface area contributed by atoms with Crippen LogP contribution in [0.5, 0.6) is 0 Å². The van der Waals surface area contributed by atoms with Gasteiger partial charge in [-0.3, -0.25) is 4.98 Å². The summed E-state index contributed by atoms with van der Waals surface area (Å²) in [5.74, 6) is 0. The third kappa shape index (κ3) is 3.08. The number of pyridine rings is 1. The van der Waals surface area contributed by atoms with Crippen LogP contribution >= 0.6 is 15.9 Å². The largest absolute Gasteiger partial charge is 0.378 e. The van der Waals surface area contributed by atoms with E-state index in [4.69, 9.17) is 5.26 Å². The zero-order valence-electron chi connectivity index (χ0n) is 9.94. The predicted molar refractivity (Wildman–Crippen MR) is 75.2 cm³/mol. The van der Waals surface area contributed by atoms with Gasteiger partial charge < -0.3 is 5.32 Å². The van der Waals surface area contributed by atoms with Crippen LogP contribution in [-0.2, 0) is 6.54 Å². The number of nitriles is 1. The van der Waals surface area contributed by atoms with Crippen LogP contribution in [0.3, 0.4) is 0 Å². The van der Waals surface area contributed by atoms with E-state index >= 15 is 0 Å². The average Bonchev–Trinajstić information content (AvgIpc) is 2.37. The van der Waals surface area contributed by atoms with Gasteiger partial charge in [0.15, 0.2) is 0 Å². The Morgan fingerprint density at radius 2 is 2.17 bits per heavy atom. The van der Waals surface area contributed by atoms with Crippen molar-refractivity contribution in [3.8, 4) is 6.07 Å². The minimum Gasteiger partial charge on any atom is -0.378 e. The Hall–Kier alpha value is -1.86. The summed E-state index contributed by atoms with van der Waals surface area (Å²) in [7, 11) is 0. The summed E-state index contributed by atoms with van der Waals surface area (Å²) in [6.07, 6.45) is 0. The molecule has 0 saturated carbocycles. The minimum atomic E-state index is 0.609. The maximum Gasteiger partial charge on any atom is 0.101 e. The number of aromatic nitrogens is 1. The van der Waals surface area contributed by atoms with Crippen molar-refractivity contribution in [1.82, 2.24) is 4.98 Å². The molecule has 2 aromatic rings. The van der Waals surface area contributed by atoms with E-state index in [1.165, 1.54) is 0 Å². The van der Waals surface area contributed by atoms with Crippen molar-refractivity contribution in [2.75, 3.05) is 5.32 Å². The molecule has 1 aromatic heterocycles. The van der Waals surface area contributed by atoms with E-state index in [1.54, 1.807) is 6.07 Å². The van der Waals surface area contributed by atoms with Gasteiger partial charge in [-0.05, 0) is 37.3 Å². The summed E-state index contributed by atoms with van der Waals surface area (Å²) >= 11 is 3.35. The molecular formula is C14H12BrN3. The van der Waals surface area contributed by atoms with E-state index in [-0.39, 0.29) is 0 Å². The van der Waals surface area contributed by atoms with Gasteiger partial charge in [-0.1, -0.05) is 22.0 Å². The van der Waals surface area contributed by atoms with Crippen molar-refractivity contribution >= 4 is 21.6 Å². The van der Waals surface area contributed by atoms with Gasteiger partial charge in [0.1, 0.15) is 6.07 Å². The summed E-state index contributed by atoms with van der Waals surface area (Å²) in [6.45, 7) is 2.57. The van der Waals surface area contributed by atoms with Crippen LogP contribution in [-0.4, -0.2) is 4.98 Å². The average molecular weight is 302 g/mol. The maximum absolute atomic E-state index is 9.06. The van der Waals surface area contributed by atoms with Crippen LogP contribution in [0.15, 0.2) is 40.9 Å². The van der Waals surface area contributed by atoms with Gasteiger partial charge in [0.05, 0.1) is 23.5 Å². The van der Waals surface area contributed by atoms with Gasteiger partial charge >= 0.3 is 0 Å². The van der Waals surface area contributed by atoms with Crippen LogP contribution < -0.4 is 5.32 Å². The van der Waals surface area contributed by atoms with E-state index < -0.39 is 0 Å². The second-order valence-electron chi connectivity index (χ2n) is 3.93. The molecule has 0 aliphatic heterocycles. The molecule has 0 unspecified atom stereocenters. The van der Waals surface area contributed by atoms with Gasteiger partial charge in [0.25, 0.3) is 0 Å². The second kappa shape index (κ2) is 5.65. The molecule has 90 valence electrons.